The van der Waals surface area contributed by atoms with Gasteiger partial charge in [0.2, 0.25) is 5.91 Å². The zero-order valence-corrected chi connectivity index (χ0v) is 13.8. The van der Waals surface area contributed by atoms with Crippen molar-refractivity contribution in [3.05, 3.63) is 28.8 Å². The minimum atomic E-state index is -0.0195. The lowest BCUT2D eigenvalue weighted by Crippen LogP contribution is -2.45. The van der Waals surface area contributed by atoms with Gasteiger partial charge in [-0.3, -0.25) is 4.79 Å². The molecule has 2 saturated carbocycles. The first-order valence-electron chi connectivity index (χ1n) is 7.84. The van der Waals surface area contributed by atoms with Gasteiger partial charge in [0.25, 0.3) is 0 Å². The van der Waals surface area contributed by atoms with Crippen molar-refractivity contribution in [2.24, 2.45) is 23.5 Å². The van der Waals surface area contributed by atoms with E-state index in [4.69, 9.17) is 22.1 Å². The first-order chi connectivity index (χ1) is 10.5. The van der Waals surface area contributed by atoms with Crippen molar-refractivity contribution in [1.29, 1.82) is 0 Å². The van der Waals surface area contributed by atoms with Crippen LogP contribution in [0.4, 0.5) is 0 Å². The number of carbonyl (C=O) groups is 1. The Kier molecular flexibility index (Phi) is 4.33. The van der Waals surface area contributed by atoms with Gasteiger partial charge in [0.15, 0.2) is 0 Å². The molecule has 3 rings (SSSR count). The van der Waals surface area contributed by atoms with E-state index in [0.29, 0.717) is 23.4 Å². The number of ether oxygens (including phenoxy) is 1. The van der Waals surface area contributed by atoms with E-state index in [1.165, 1.54) is 6.42 Å². The maximum atomic E-state index is 12.8. The summed E-state index contributed by atoms with van der Waals surface area (Å²) in [7, 11) is 3.46. The number of carbonyl (C=O) groups excluding carboxylic acids is 1. The van der Waals surface area contributed by atoms with E-state index in [0.717, 1.165) is 24.2 Å². The molecule has 22 heavy (non-hydrogen) atoms. The highest BCUT2D eigenvalue weighted by molar-refractivity contribution is 6.30. The monoisotopic (exact) mass is 322 g/mol. The quantitative estimate of drug-likeness (QED) is 0.927. The number of halogens is 1. The van der Waals surface area contributed by atoms with Gasteiger partial charge in [0, 0.05) is 30.2 Å². The van der Waals surface area contributed by atoms with Crippen LogP contribution in [-0.4, -0.2) is 31.0 Å². The summed E-state index contributed by atoms with van der Waals surface area (Å²) in [4.78, 5) is 14.6. The van der Waals surface area contributed by atoms with Crippen LogP contribution in [0.1, 0.15) is 24.8 Å². The van der Waals surface area contributed by atoms with Crippen molar-refractivity contribution in [3.8, 4) is 5.75 Å². The van der Waals surface area contributed by atoms with E-state index in [2.05, 4.69) is 0 Å². The molecule has 0 spiro atoms. The molecular weight excluding hydrogens is 300 g/mol. The Morgan fingerprint density at radius 1 is 1.41 bits per heavy atom. The molecule has 0 heterocycles. The number of fused-ring (bicyclic) bond motifs is 2. The van der Waals surface area contributed by atoms with Gasteiger partial charge in [-0.05, 0) is 49.3 Å². The van der Waals surface area contributed by atoms with Gasteiger partial charge in [-0.15, -0.1) is 0 Å². The lowest BCUT2D eigenvalue weighted by molar-refractivity contribution is -0.137. The number of nitrogens with two attached hydrogens (primary N) is 1. The summed E-state index contributed by atoms with van der Waals surface area (Å²) < 4.78 is 5.36. The Morgan fingerprint density at radius 3 is 2.77 bits per heavy atom. The molecule has 1 aromatic carbocycles. The van der Waals surface area contributed by atoms with Crippen LogP contribution in [0.15, 0.2) is 18.2 Å². The predicted molar refractivity (Wildman–Crippen MR) is 86.8 cm³/mol. The third kappa shape index (κ3) is 2.70. The average Bonchev–Trinajstić information content (AvgIpc) is 3.07. The van der Waals surface area contributed by atoms with Gasteiger partial charge in [0.1, 0.15) is 5.75 Å². The number of methoxy groups -OCH3 is 1. The molecule has 4 unspecified atom stereocenters. The molecule has 2 aliphatic rings. The highest BCUT2D eigenvalue weighted by atomic mass is 35.5. The van der Waals surface area contributed by atoms with Gasteiger partial charge < -0.3 is 15.4 Å². The average molecular weight is 323 g/mol. The molecule has 120 valence electrons. The number of rotatable bonds is 4. The summed E-state index contributed by atoms with van der Waals surface area (Å²) in [5, 5.41) is 0.647. The summed E-state index contributed by atoms with van der Waals surface area (Å²) in [6, 6.07) is 5.50. The van der Waals surface area contributed by atoms with E-state index in [1.807, 2.05) is 19.2 Å². The molecule has 0 aromatic heterocycles. The Morgan fingerprint density at radius 2 is 2.14 bits per heavy atom. The number of amides is 1. The molecule has 0 saturated heterocycles. The van der Waals surface area contributed by atoms with Crippen LogP contribution in [0.5, 0.6) is 5.75 Å². The molecule has 4 atom stereocenters. The maximum Gasteiger partial charge on any atom is 0.227 e. The third-order valence-corrected chi connectivity index (χ3v) is 5.53. The normalized spacial score (nSPS) is 29.6. The summed E-state index contributed by atoms with van der Waals surface area (Å²) in [5.74, 6) is 1.89. The zero-order chi connectivity index (χ0) is 15.9. The molecule has 2 N–H and O–H groups in total. The fourth-order valence-corrected chi connectivity index (χ4v) is 4.36. The van der Waals surface area contributed by atoms with Crippen molar-refractivity contribution >= 4 is 17.5 Å². The van der Waals surface area contributed by atoms with Crippen LogP contribution in [0.25, 0.3) is 0 Å². The number of benzene rings is 1. The molecule has 1 aromatic rings. The molecule has 2 aliphatic carbocycles. The van der Waals surface area contributed by atoms with Gasteiger partial charge in [-0.1, -0.05) is 11.6 Å². The first kappa shape index (κ1) is 15.6. The van der Waals surface area contributed by atoms with E-state index in [1.54, 1.807) is 18.1 Å². The standard InChI is InChI=1S/C17H23ClN2O2/c1-20(9-12-8-13(18)5-6-14(12)22-2)17(21)15-10-3-4-11(7-10)16(15)19/h5-6,8,10-11,15-16H,3-4,7,9,19H2,1-2H3. The van der Waals surface area contributed by atoms with Crippen molar-refractivity contribution in [2.75, 3.05) is 14.2 Å². The van der Waals surface area contributed by atoms with Gasteiger partial charge >= 0.3 is 0 Å². The van der Waals surface area contributed by atoms with Crippen LogP contribution >= 0.6 is 11.6 Å². The Labute approximate surface area is 136 Å². The molecule has 0 aliphatic heterocycles. The Balaban J connectivity index is 1.73. The zero-order valence-electron chi connectivity index (χ0n) is 13.1. The van der Waals surface area contributed by atoms with Gasteiger partial charge in [0.05, 0.1) is 13.0 Å². The summed E-state index contributed by atoms with van der Waals surface area (Å²) in [6.45, 7) is 0.489. The first-order valence-corrected chi connectivity index (χ1v) is 8.22. The fourth-order valence-electron chi connectivity index (χ4n) is 4.16. The summed E-state index contributed by atoms with van der Waals surface area (Å²) in [5.41, 5.74) is 7.20. The van der Waals surface area contributed by atoms with Gasteiger partial charge in [-0.2, -0.15) is 0 Å². The van der Waals surface area contributed by atoms with Gasteiger partial charge in [-0.25, -0.2) is 0 Å². The number of hydrogen-bond acceptors (Lipinski definition) is 3. The summed E-state index contributed by atoms with van der Waals surface area (Å²) >= 11 is 6.06. The second-order valence-corrected chi connectivity index (χ2v) is 7.02. The van der Waals surface area contributed by atoms with Crippen LogP contribution in [-0.2, 0) is 11.3 Å². The minimum Gasteiger partial charge on any atom is -0.496 e. The second-order valence-electron chi connectivity index (χ2n) is 6.59. The Bertz CT molecular complexity index is 576. The second kappa shape index (κ2) is 6.09. The molecule has 1 amide bonds. The van der Waals surface area contributed by atoms with E-state index >= 15 is 0 Å². The fraction of sp³-hybridized carbons (Fsp3) is 0.588. The molecular formula is C17H23ClN2O2. The highest BCUT2D eigenvalue weighted by Crippen LogP contribution is 2.48. The van der Waals surface area contributed by atoms with Crippen LogP contribution in [0, 0.1) is 17.8 Å². The largest absolute Gasteiger partial charge is 0.496 e. The molecule has 2 fully saturated rings. The van der Waals surface area contributed by atoms with E-state index < -0.39 is 0 Å². The van der Waals surface area contributed by atoms with Crippen molar-refractivity contribution in [3.63, 3.8) is 0 Å². The van der Waals surface area contributed by atoms with E-state index in [9.17, 15) is 4.79 Å². The topological polar surface area (TPSA) is 55.6 Å². The summed E-state index contributed by atoms with van der Waals surface area (Å²) in [6.07, 6.45) is 3.44. The van der Waals surface area contributed by atoms with Crippen molar-refractivity contribution in [2.45, 2.75) is 31.8 Å². The minimum absolute atomic E-state index is 0.0195. The maximum absolute atomic E-state index is 12.8. The lowest BCUT2D eigenvalue weighted by Gasteiger charge is -2.31. The Hall–Kier alpha value is -1.26. The highest BCUT2D eigenvalue weighted by Gasteiger charge is 2.49. The third-order valence-electron chi connectivity index (χ3n) is 5.29. The van der Waals surface area contributed by atoms with Crippen LogP contribution < -0.4 is 10.5 Å². The predicted octanol–water partition coefficient (Wildman–Crippen LogP) is 2.68. The van der Waals surface area contributed by atoms with E-state index in [-0.39, 0.29) is 17.9 Å². The van der Waals surface area contributed by atoms with Crippen LogP contribution in [0.3, 0.4) is 0 Å². The number of hydrogen-bond donors (Lipinski definition) is 1. The molecule has 0 radical (unpaired) electrons. The van der Waals surface area contributed by atoms with Crippen molar-refractivity contribution < 1.29 is 9.53 Å². The molecule has 2 bridgehead atoms. The van der Waals surface area contributed by atoms with Crippen molar-refractivity contribution in [1.82, 2.24) is 4.90 Å². The lowest BCUT2D eigenvalue weighted by atomic mass is 9.84. The van der Waals surface area contributed by atoms with Crippen LogP contribution in [0.2, 0.25) is 5.02 Å². The SMILES string of the molecule is COc1ccc(Cl)cc1CN(C)C(=O)C1C2CCC(C2)C1N. The molecule has 4 nitrogen and oxygen atoms in total. The number of nitrogens with zero attached hydrogens (tertiary/aromatic N) is 1. The molecule has 5 heteroatoms. The smallest absolute Gasteiger partial charge is 0.227 e.